The Morgan fingerprint density at radius 3 is 2.78 bits per heavy atom. The molecule has 1 atom stereocenters. The van der Waals surface area contributed by atoms with E-state index in [-0.39, 0.29) is 5.69 Å². The molecule has 0 radical (unpaired) electrons. The van der Waals surface area contributed by atoms with Crippen molar-refractivity contribution in [2.24, 2.45) is 7.05 Å². The lowest BCUT2D eigenvalue weighted by Crippen LogP contribution is -2.28. The highest BCUT2D eigenvalue weighted by Crippen LogP contribution is 2.23. The molecule has 0 fully saturated rings. The molecule has 9 heteroatoms. The molecule has 0 saturated carbocycles. The van der Waals surface area contributed by atoms with Gasteiger partial charge in [-0.2, -0.15) is 5.10 Å². The minimum atomic E-state index is -2.74. The molecule has 3 aromatic heterocycles. The smallest absolute Gasteiger partial charge is 0.282 e. The molecule has 3 heterocycles. The van der Waals surface area contributed by atoms with E-state index >= 15 is 0 Å². The number of rotatable bonds is 6. The van der Waals surface area contributed by atoms with E-state index in [0.29, 0.717) is 11.5 Å². The number of amides is 1. The van der Waals surface area contributed by atoms with Crippen LogP contribution >= 0.6 is 0 Å². The maximum absolute atomic E-state index is 12.7. The Bertz CT molecular complexity index is 951. The number of alkyl halides is 2. The van der Waals surface area contributed by atoms with Crippen molar-refractivity contribution >= 4 is 5.91 Å². The van der Waals surface area contributed by atoms with E-state index in [1.54, 1.807) is 19.2 Å². The number of nitrogens with one attached hydrogen (secondary N) is 1. The second kappa shape index (κ2) is 7.65. The third-order valence-corrected chi connectivity index (χ3v) is 4.13. The zero-order valence-electron chi connectivity index (χ0n) is 15.1. The van der Waals surface area contributed by atoms with E-state index in [4.69, 9.17) is 4.52 Å². The normalized spacial score (nSPS) is 12.4. The van der Waals surface area contributed by atoms with E-state index in [2.05, 4.69) is 20.6 Å². The number of pyridine rings is 1. The molecule has 0 aliphatic carbocycles. The van der Waals surface area contributed by atoms with Gasteiger partial charge in [-0.05, 0) is 31.5 Å². The fourth-order valence-electron chi connectivity index (χ4n) is 2.61. The third-order valence-electron chi connectivity index (χ3n) is 4.13. The average Bonchev–Trinajstić information content (AvgIpc) is 3.29. The van der Waals surface area contributed by atoms with Crippen molar-refractivity contribution in [1.29, 1.82) is 0 Å². The second-order valence-electron chi connectivity index (χ2n) is 6.08. The van der Waals surface area contributed by atoms with Gasteiger partial charge in [-0.25, -0.2) is 8.78 Å². The van der Waals surface area contributed by atoms with Crippen molar-refractivity contribution in [3.05, 3.63) is 53.3 Å². The van der Waals surface area contributed by atoms with Gasteiger partial charge >= 0.3 is 0 Å². The molecular weight excluding hydrogens is 356 g/mol. The van der Waals surface area contributed by atoms with Crippen LogP contribution in [0.1, 0.15) is 54.0 Å². The number of aryl methyl sites for hydroxylation is 2. The molecule has 0 saturated heterocycles. The predicted octanol–water partition coefficient (Wildman–Crippen LogP) is 3.46. The first-order valence-corrected chi connectivity index (χ1v) is 8.44. The third kappa shape index (κ3) is 4.02. The SMILES string of the molecule is CCc1cc(-c2cc([C@H](C)NC(=O)c3cc(C(F)F)nn3C)on2)ccn1. The molecular formula is C18H19F2N5O2. The van der Waals surface area contributed by atoms with Gasteiger partial charge in [0.2, 0.25) is 0 Å². The average molecular weight is 375 g/mol. The molecule has 0 aliphatic rings. The molecule has 142 valence electrons. The molecule has 0 unspecified atom stereocenters. The van der Waals surface area contributed by atoms with Crippen molar-refractivity contribution in [1.82, 2.24) is 25.2 Å². The Labute approximate surface area is 154 Å². The number of nitrogens with zero attached hydrogens (tertiary/aromatic N) is 4. The summed E-state index contributed by atoms with van der Waals surface area (Å²) >= 11 is 0. The van der Waals surface area contributed by atoms with E-state index < -0.39 is 24.1 Å². The van der Waals surface area contributed by atoms with Crippen LogP contribution in [0.2, 0.25) is 0 Å². The number of carbonyl (C=O) groups is 1. The van der Waals surface area contributed by atoms with Crippen LogP contribution < -0.4 is 5.32 Å². The van der Waals surface area contributed by atoms with Gasteiger partial charge < -0.3 is 9.84 Å². The molecule has 0 aliphatic heterocycles. The Morgan fingerprint density at radius 1 is 1.33 bits per heavy atom. The lowest BCUT2D eigenvalue weighted by molar-refractivity contribution is 0.0924. The summed E-state index contributed by atoms with van der Waals surface area (Å²) < 4.78 is 31.9. The predicted molar refractivity (Wildman–Crippen MR) is 93.2 cm³/mol. The molecule has 1 amide bonds. The largest absolute Gasteiger partial charge is 0.359 e. The van der Waals surface area contributed by atoms with Crippen LogP contribution in [0.4, 0.5) is 8.78 Å². The standard InChI is InChI=1S/C18H19F2N5O2/c1-4-12-7-11(5-6-21-12)13-9-16(27-24-13)10(2)22-18(26)15-8-14(17(19)20)23-25(15)3/h5-10,17H,4H2,1-3H3,(H,22,26)/t10-/m0/s1. The highest BCUT2D eigenvalue weighted by molar-refractivity contribution is 5.92. The lowest BCUT2D eigenvalue weighted by Gasteiger charge is -2.10. The monoisotopic (exact) mass is 375 g/mol. The molecule has 27 heavy (non-hydrogen) atoms. The Kier molecular flexibility index (Phi) is 5.29. The van der Waals surface area contributed by atoms with Crippen LogP contribution in [0, 0.1) is 0 Å². The Hall–Kier alpha value is -3.10. The Balaban J connectivity index is 1.74. The minimum absolute atomic E-state index is 0.0404. The fourth-order valence-corrected chi connectivity index (χ4v) is 2.61. The summed E-state index contributed by atoms with van der Waals surface area (Å²) in [6.07, 6.45) is -0.229. The molecule has 0 bridgehead atoms. The van der Waals surface area contributed by atoms with Crippen molar-refractivity contribution in [3.63, 3.8) is 0 Å². The maximum Gasteiger partial charge on any atom is 0.282 e. The van der Waals surface area contributed by atoms with Gasteiger partial charge in [0.05, 0.1) is 6.04 Å². The number of aromatic nitrogens is 4. The highest BCUT2D eigenvalue weighted by atomic mass is 19.3. The van der Waals surface area contributed by atoms with E-state index in [1.807, 2.05) is 19.1 Å². The Morgan fingerprint density at radius 2 is 2.11 bits per heavy atom. The second-order valence-corrected chi connectivity index (χ2v) is 6.08. The van der Waals surface area contributed by atoms with Crippen molar-refractivity contribution < 1.29 is 18.1 Å². The highest BCUT2D eigenvalue weighted by Gasteiger charge is 2.21. The molecule has 7 nitrogen and oxygen atoms in total. The summed E-state index contributed by atoms with van der Waals surface area (Å²) in [5, 5.41) is 10.4. The van der Waals surface area contributed by atoms with Crippen LogP contribution in [0.25, 0.3) is 11.3 Å². The zero-order valence-corrected chi connectivity index (χ0v) is 15.1. The topological polar surface area (TPSA) is 85.8 Å². The number of halogens is 2. The van der Waals surface area contributed by atoms with E-state index in [9.17, 15) is 13.6 Å². The van der Waals surface area contributed by atoms with E-state index in [1.165, 1.54) is 7.05 Å². The first-order valence-electron chi connectivity index (χ1n) is 8.44. The summed E-state index contributed by atoms with van der Waals surface area (Å²) in [7, 11) is 1.44. The summed E-state index contributed by atoms with van der Waals surface area (Å²) in [5.74, 6) is -0.0796. The van der Waals surface area contributed by atoms with Crippen LogP contribution in [-0.4, -0.2) is 25.8 Å². The van der Waals surface area contributed by atoms with Gasteiger partial charge in [0.25, 0.3) is 12.3 Å². The van der Waals surface area contributed by atoms with Crippen LogP contribution in [0.3, 0.4) is 0 Å². The summed E-state index contributed by atoms with van der Waals surface area (Å²) in [6, 6.07) is 6.05. The minimum Gasteiger partial charge on any atom is -0.359 e. The zero-order chi connectivity index (χ0) is 19.6. The first-order chi connectivity index (χ1) is 12.9. The maximum atomic E-state index is 12.7. The number of carbonyl (C=O) groups excluding carboxylic acids is 1. The lowest BCUT2D eigenvalue weighted by atomic mass is 10.1. The van der Waals surface area contributed by atoms with Gasteiger partial charge in [0, 0.05) is 30.6 Å². The fraction of sp³-hybridized carbons (Fsp3) is 0.333. The van der Waals surface area contributed by atoms with Crippen LogP contribution in [-0.2, 0) is 13.5 Å². The van der Waals surface area contributed by atoms with Crippen molar-refractivity contribution in [3.8, 4) is 11.3 Å². The summed E-state index contributed by atoms with van der Waals surface area (Å²) in [4.78, 5) is 16.6. The number of hydrogen-bond donors (Lipinski definition) is 1. The van der Waals surface area contributed by atoms with Gasteiger partial charge in [-0.1, -0.05) is 12.1 Å². The van der Waals surface area contributed by atoms with Gasteiger partial charge in [-0.15, -0.1) is 0 Å². The molecule has 0 spiro atoms. The molecule has 3 aromatic rings. The summed E-state index contributed by atoms with van der Waals surface area (Å²) in [6.45, 7) is 3.73. The van der Waals surface area contributed by atoms with Gasteiger partial charge in [-0.3, -0.25) is 14.5 Å². The van der Waals surface area contributed by atoms with Crippen molar-refractivity contribution in [2.45, 2.75) is 32.7 Å². The number of hydrogen-bond acceptors (Lipinski definition) is 5. The molecule has 1 N–H and O–H groups in total. The van der Waals surface area contributed by atoms with Gasteiger partial charge in [0.15, 0.2) is 5.76 Å². The van der Waals surface area contributed by atoms with Gasteiger partial charge in [0.1, 0.15) is 17.1 Å². The van der Waals surface area contributed by atoms with Crippen LogP contribution in [0.15, 0.2) is 35.0 Å². The van der Waals surface area contributed by atoms with Crippen LogP contribution in [0.5, 0.6) is 0 Å². The first kappa shape index (κ1) is 18.7. The summed E-state index contributed by atoms with van der Waals surface area (Å²) in [5.41, 5.74) is 2.03. The quantitative estimate of drug-likeness (QED) is 0.713. The molecule has 0 aromatic carbocycles. The van der Waals surface area contributed by atoms with Crippen molar-refractivity contribution in [2.75, 3.05) is 0 Å². The van der Waals surface area contributed by atoms with E-state index in [0.717, 1.165) is 28.4 Å². The molecule has 3 rings (SSSR count).